The zero-order valence-electron chi connectivity index (χ0n) is 13.8. The van der Waals surface area contributed by atoms with E-state index < -0.39 is 11.9 Å². The number of carboxylic acid groups (broad SMARTS) is 2. The van der Waals surface area contributed by atoms with Crippen molar-refractivity contribution < 1.29 is 78.9 Å². The van der Waals surface area contributed by atoms with Gasteiger partial charge in [-0.1, -0.05) is 60.7 Å². The van der Waals surface area contributed by atoms with Crippen molar-refractivity contribution in [3.8, 4) is 0 Å². The van der Waals surface area contributed by atoms with E-state index in [9.17, 15) is 19.8 Å². The van der Waals surface area contributed by atoms with Gasteiger partial charge >= 0.3 is 59.1 Å². The summed E-state index contributed by atoms with van der Waals surface area (Å²) in [4.78, 5) is 22.8. The third-order valence-electron chi connectivity index (χ3n) is 3.32. The van der Waals surface area contributed by atoms with Crippen molar-refractivity contribution in [2.24, 2.45) is 0 Å². The zero-order chi connectivity index (χ0) is 15.9. The maximum atomic E-state index is 11.4. The van der Waals surface area contributed by atoms with E-state index in [1.54, 1.807) is 18.2 Å². The molecule has 0 bridgehead atoms. The number of aryl methyl sites for hydroxylation is 1. The molecule has 2 aromatic carbocycles. The number of hydrogen-bond acceptors (Lipinski definition) is 4. The molecule has 0 aliphatic rings. The van der Waals surface area contributed by atoms with Crippen LogP contribution in [0.5, 0.6) is 0 Å². The molecule has 2 aromatic rings. The van der Waals surface area contributed by atoms with Crippen LogP contribution in [-0.2, 0) is 16.0 Å². The molecule has 0 radical (unpaired) electrons. The van der Waals surface area contributed by atoms with E-state index in [0.29, 0.717) is 12.0 Å². The molecule has 6 heteroatoms. The summed E-state index contributed by atoms with van der Waals surface area (Å²) < 4.78 is 0. The minimum Gasteiger partial charge on any atom is -0.545 e. The second-order valence-corrected chi connectivity index (χ2v) is 4.78. The van der Waals surface area contributed by atoms with Crippen molar-refractivity contribution in [1.29, 1.82) is 0 Å². The summed E-state index contributed by atoms with van der Waals surface area (Å²) in [6.07, 6.45) is 0.471. The molecule has 0 aromatic heterocycles. The molecule has 0 atom stereocenters. The molecule has 0 saturated carbocycles. The minimum atomic E-state index is -1.52. The summed E-state index contributed by atoms with van der Waals surface area (Å²) >= 11 is 0. The van der Waals surface area contributed by atoms with Gasteiger partial charge in [-0.3, -0.25) is 0 Å². The van der Waals surface area contributed by atoms with Gasteiger partial charge in [-0.15, -0.1) is 0 Å². The molecule has 24 heavy (non-hydrogen) atoms. The first-order chi connectivity index (χ1) is 10.6. The number of aliphatic carboxylic acids is 2. The third-order valence-corrected chi connectivity index (χ3v) is 3.32. The van der Waals surface area contributed by atoms with Crippen LogP contribution in [0.25, 0.3) is 5.57 Å². The predicted molar refractivity (Wildman–Crippen MR) is 78.1 cm³/mol. The Labute approximate surface area is 185 Å². The first-order valence-electron chi connectivity index (χ1n) is 6.84. The normalized spacial score (nSPS) is 10.7. The maximum Gasteiger partial charge on any atom is 1.00 e. The fourth-order valence-electron chi connectivity index (χ4n) is 2.26. The Kier molecular flexibility index (Phi) is 11.2. The number of hydrogen-bond donors (Lipinski definition) is 0. The Morgan fingerprint density at radius 3 is 1.71 bits per heavy atom. The van der Waals surface area contributed by atoms with Crippen molar-refractivity contribution in [3.05, 3.63) is 77.4 Å². The monoisotopic (exact) mass is 340 g/mol. The van der Waals surface area contributed by atoms with Crippen molar-refractivity contribution in [2.75, 3.05) is 0 Å². The van der Waals surface area contributed by atoms with Crippen LogP contribution >= 0.6 is 0 Å². The van der Waals surface area contributed by atoms with Crippen LogP contribution in [0, 0.1) is 0 Å². The minimum absolute atomic E-state index is 0. The largest absolute Gasteiger partial charge is 1.00 e. The average molecular weight is 340 g/mol. The van der Waals surface area contributed by atoms with E-state index in [4.69, 9.17) is 0 Å². The Morgan fingerprint density at radius 2 is 1.25 bits per heavy atom. The van der Waals surface area contributed by atoms with Crippen LogP contribution in [0.1, 0.15) is 17.5 Å². The van der Waals surface area contributed by atoms with Gasteiger partial charge in [-0.05, 0) is 29.5 Å². The average Bonchev–Trinajstić information content (AvgIpc) is 2.52. The number of carbonyl (C=O) groups is 2. The van der Waals surface area contributed by atoms with Gasteiger partial charge in [-0.2, -0.15) is 0 Å². The third kappa shape index (κ3) is 6.55. The van der Waals surface area contributed by atoms with Crippen LogP contribution in [-0.4, -0.2) is 11.9 Å². The molecule has 0 saturated heterocycles. The molecule has 0 aliphatic carbocycles. The van der Waals surface area contributed by atoms with Gasteiger partial charge in [0.1, 0.15) is 0 Å². The van der Waals surface area contributed by atoms with E-state index in [-0.39, 0.29) is 76.7 Å². The molecule has 0 spiro atoms. The van der Waals surface area contributed by atoms with E-state index in [2.05, 4.69) is 0 Å². The molecular weight excluding hydrogens is 326 g/mol. The van der Waals surface area contributed by atoms with Crippen LogP contribution in [0.2, 0.25) is 0 Å². The SMILES string of the molecule is O=C([O-])/C(CCc1ccccc1)=C(\C(=O)[O-])c1ccccc1.[Na+].[Na+]. The Balaban J connectivity index is 0.00000264. The van der Waals surface area contributed by atoms with Crippen LogP contribution in [0.3, 0.4) is 0 Å². The topological polar surface area (TPSA) is 80.3 Å². The van der Waals surface area contributed by atoms with E-state index in [1.165, 1.54) is 12.1 Å². The summed E-state index contributed by atoms with van der Waals surface area (Å²) in [6, 6.07) is 17.3. The fourth-order valence-corrected chi connectivity index (χ4v) is 2.26. The fraction of sp³-hybridized carbons (Fsp3) is 0.111. The summed E-state index contributed by atoms with van der Waals surface area (Å²) in [5.74, 6) is -3.00. The van der Waals surface area contributed by atoms with Gasteiger partial charge in [0, 0.05) is 5.57 Å². The molecule has 0 fully saturated rings. The molecule has 0 heterocycles. The first-order valence-corrected chi connectivity index (χ1v) is 6.84. The van der Waals surface area contributed by atoms with Gasteiger partial charge in [0.15, 0.2) is 0 Å². The molecule has 0 aliphatic heterocycles. The smallest absolute Gasteiger partial charge is 0.545 e. The second kappa shape index (κ2) is 11.6. The molecule has 0 N–H and O–H groups in total. The summed E-state index contributed by atoms with van der Waals surface area (Å²) in [5.41, 5.74) is 0.647. The molecule has 0 amide bonds. The Hall–Kier alpha value is -0.880. The molecule has 4 nitrogen and oxygen atoms in total. The predicted octanol–water partition coefficient (Wildman–Crippen LogP) is -5.42. The molecular formula is C18H14Na2O4. The van der Waals surface area contributed by atoms with Crippen molar-refractivity contribution >= 4 is 17.5 Å². The van der Waals surface area contributed by atoms with Gasteiger partial charge in [0.25, 0.3) is 0 Å². The van der Waals surface area contributed by atoms with E-state index in [0.717, 1.165) is 5.56 Å². The second-order valence-electron chi connectivity index (χ2n) is 4.78. The van der Waals surface area contributed by atoms with Gasteiger partial charge < -0.3 is 19.8 Å². The van der Waals surface area contributed by atoms with Crippen molar-refractivity contribution in [1.82, 2.24) is 0 Å². The number of carboxylic acids is 2. The Bertz CT molecular complexity index is 697. The molecule has 0 unspecified atom stereocenters. The van der Waals surface area contributed by atoms with Gasteiger partial charge in [0.05, 0.1) is 11.9 Å². The van der Waals surface area contributed by atoms with Gasteiger partial charge in [0.2, 0.25) is 0 Å². The number of rotatable bonds is 6. The van der Waals surface area contributed by atoms with E-state index in [1.807, 2.05) is 30.3 Å². The molecule has 112 valence electrons. The Morgan fingerprint density at radius 1 is 0.750 bits per heavy atom. The standard InChI is InChI=1S/C18H16O4.2Na/c19-17(20)15(12-11-13-7-3-1-4-8-13)16(18(21)22)14-9-5-2-6-10-14;;/h1-10H,11-12H2,(H,19,20)(H,21,22);;/q;2*+1/p-2/b16-15-;;. The van der Waals surface area contributed by atoms with Crippen LogP contribution < -0.4 is 69.3 Å². The number of benzene rings is 2. The number of carbonyl (C=O) groups excluding carboxylic acids is 2. The zero-order valence-corrected chi connectivity index (χ0v) is 17.8. The van der Waals surface area contributed by atoms with Crippen LogP contribution in [0.15, 0.2) is 66.2 Å². The van der Waals surface area contributed by atoms with Gasteiger partial charge in [-0.25, -0.2) is 0 Å². The maximum absolute atomic E-state index is 11.4. The van der Waals surface area contributed by atoms with Crippen molar-refractivity contribution in [2.45, 2.75) is 12.8 Å². The van der Waals surface area contributed by atoms with E-state index >= 15 is 0 Å². The van der Waals surface area contributed by atoms with Crippen LogP contribution in [0.4, 0.5) is 0 Å². The summed E-state index contributed by atoms with van der Waals surface area (Å²) in [6.45, 7) is 0. The van der Waals surface area contributed by atoms with Crippen molar-refractivity contribution in [3.63, 3.8) is 0 Å². The molecule has 2 rings (SSSR count). The summed E-state index contributed by atoms with van der Waals surface area (Å²) in [5, 5.41) is 22.8. The first kappa shape index (κ1) is 23.1. The summed E-state index contributed by atoms with van der Waals surface area (Å²) in [7, 11) is 0. The quantitative estimate of drug-likeness (QED) is 0.388.